The van der Waals surface area contributed by atoms with Crippen LogP contribution in [0.5, 0.6) is 0 Å². The predicted octanol–water partition coefficient (Wildman–Crippen LogP) is 1.38. The second-order valence-electron chi connectivity index (χ2n) is 5.52. The smallest absolute Gasteiger partial charge is 0.209 e. The molecule has 2 rings (SSSR count). The van der Waals surface area contributed by atoms with E-state index >= 15 is 0 Å². The number of benzene rings is 1. The van der Waals surface area contributed by atoms with Crippen LogP contribution in [0.15, 0.2) is 24.3 Å². The first kappa shape index (κ1) is 15.4. The van der Waals surface area contributed by atoms with Gasteiger partial charge in [-0.05, 0) is 50.6 Å². The molecular weight excluding hydrogens is 279 g/mol. The standard InChI is InChI=1S/C14H21FN2O2S/c1-17-8-4-7-13(16-20(2,18)19)14(17)10-11-5-3-6-12(15)9-11/h3,5-6,9,13-14,16H,4,7-8,10H2,1-2H3/t13-,14-/m0/s1. The average molecular weight is 300 g/mol. The largest absolute Gasteiger partial charge is 0.301 e. The van der Waals surface area contributed by atoms with Gasteiger partial charge in [-0.15, -0.1) is 0 Å². The highest BCUT2D eigenvalue weighted by Gasteiger charge is 2.31. The number of nitrogens with zero attached hydrogens (tertiary/aromatic N) is 1. The summed E-state index contributed by atoms with van der Waals surface area (Å²) in [4.78, 5) is 2.15. The monoisotopic (exact) mass is 300 g/mol. The van der Waals surface area contributed by atoms with Crippen molar-refractivity contribution in [3.05, 3.63) is 35.6 Å². The van der Waals surface area contributed by atoms with Gasteiger partial charge in [0.25, 0.3) is 0 Å². The fraction of sp³-hybridized carbons (Fsp3) is 0.571. The highest BCUT2D eigenvalue weighted by molar-refractivity contribution is 7.88. The molecule has 1 heterocycles. The molecule has 1 aromatic rings. The molecule has 1 fully saturated rings. The molecule has 4 nitrogen and oxygen atoms in total. The molecular formula is C14H21FN2O2S. The minimum atomic E-state index is -3.23. The summed E-state index contributed by atoms with van der Waals surface area (Å²) in [6.45, 7) is 0.932. The minimum Gasteiger partial charge on any atom is -0.301 e. The van der Waals surface area contributed by atoms with Crippen LogP contribution >= 0.6 is 0 Å². The van der Waals surface area contributed by atoms with Gasteiger partial charge in [0.2, 0.25) is 10.0 Å². The molecule has 0 saturated carbocycles. The number of nitrogens with one attached hydrogen (secondary N) is 1. The summed E-state index contributed by atoms with van der Waals surface area (Å²) in [6.07, 6.45) is 3.60. The van der Waals surface area contributed by atoms with E-state index in [1.165, 1.54) is 18.4 Å². The van der Waals surface area contributed by atoms with Crippen molar-refractivity contribution in [2.24, 2.45) is 0 Å². The van der Waals surface area contributed by atoms with Crippen LogP contribution < -0.4 is 4.72 Å². The lowest BCUT2D eigenvalue weighted by molar-refractivity contribution is 0.153. The zero-order chi connectivity index (χ0) is 14.8. The van der Waals surface area contributed by atoms with Crippen molar-refractivity contribution in [3.63, 3.8) is 0 Å². The van der Waals surface area contributed by atoms with Gasteiger partial charge in [-0.25, -0.2) is 17.5 Å². The molecule has 112 valence electrons. The van der Waals surface area contributed by atoms with E-state index in [2.05, 4.69) is 9.62 Å². The van der Waals surface area contributed by atoms with Crippen molar-refractivity contribution in [1.29, 1.82) is 0 Å². The van der Waals surface area contributed by atoms with Crippen LogP contribution in [-0.4, -0.2) is 45.2 Å². The third kappa shape index (κ3) is 4.26. The normalized spacial score (nSPS) is 24.8. The fourth-order valence-electron chi connectivity index (χ4n) is 2.84. The quantitative estimate of drug-likeness (QED) is 0.914. The maximum Gasteiger partial charge on any atom is 0.209 e. The zero-order valence-corrected chi connectivity index (χ0v) is 12.7. The van der Waals surface area contributed by atoms with E-state index in [-0.39, 0.29) is 17.9 Å². The summed E-state index contributed by atoms with van der Waals surface area (Å²) in [7, 11) is -1.25. The SMILES string of the molecule is CN1CCC[C@H](NS(C)(=O)=O)[C@@H]1Cc1cccc(F)c1. The molecule has 1 aliphatic rings. The molecule has 0 aliphatic carbocycles. The summed E-state index contributed by atoms with van der Waals surface area (Å²) >= 11 is 0. The first-order chi connectivity index (χ1) is 9.35. The van der Waals surface area contributed by atoms with E-state index in [9.17, 15) is 12.8 Å². The van der Waals surface area contributed by atoms with E-state index in [0.29, 0.717) is 6.42 Å². The average Bonchev–Trinajstić information content (AvgIpc) is 2.32. The van der Waals surface area contributed by atoms with Gasteiger partial charge in [-0.2, -0.15) is 0 Å². The van der Waals surface area contributed by atoms with Crippen molar-refractivity contribution in [2.45, 2.75) is 31.3 Å². The molecule has 6 heteroatoms. The van der Waals surface area contributed by atoms with Gasteiger partial charge in [0.05, 0.1) is 6.26 Å². The Kier molecular flexibility index (Phi) is 4.78. The highest BCUT2D eigenvalue weighted by Crippen LogP contribution is 2.21. The van der Waals surface area contributed by atoms with Gasteiger partial charge >= 0.3 is 0 Å². The first-order valence-corrected chi connectivity index (χ1v) is 8.66. The van der Waals surface area contributed by atoms with Crippen molar-refractivity contribution in [2.75, 3.05) is 19.8 Å². The molecule has 1 aromatic carbocycles. The molecule has 0 amide bonds. The molecule has 0 radical (unpaired) electrons. The second kappa shape index (κ2) is 6.20. The third-order valence-corrected chi connectivity index (χ3v) is 4.49. The molecule has 0 unspecified atom stereocenters. The Bertz CT molecular complexity index is 562. The van der Waals surface area contributed by atoms with Gasteiger partial charge in [-0.1, -0.05) is 12.1 Å². The number of likely N-dealkylation sites (N-methyl/N-ethyl adjacent to an activating group) is 1. The molecule has 0 spiro atoms. The van der Waals surface area contributed by atoms with Crippen LogP contribution in [0.4, 0.5) is 4.39 Å². The van der Waals surface area contributed by atoms with E-state index in [4.69, 9.17) is 0 Å². The summed E-state index contributed by atoms with van der Waals surface area (Å²) in [6, 6.07) is 6.43. The third-order valence-electron chi connectivity index (χ3n) is 3.76. The number of sulfonamides is 1. The molecule has 1 saturated heterocycles. The molecule has 0 bridgehead atoms. The minimum absolute atomic E-state index is 0.0558. The van der Waals surface area contributed by atoms with Gasteiger partial charge in [-0.3, -0.25) is 0 Å². The van der Waals surface area contributed by atoms with Gasteiger partial charge in [0.1, 0.15) is 5.82 Å². The Morgan fingerprint density at radius 3 is 2.85 bits per heavy atom. The topological polar surface area (TPSA) is 49.4 Å². The van der Waals surface area contributed by atoms with Gasteiger partial charge in [0, 0.05) is 12.1 Å². The number of likely N-dealkylation sites (tertiary alicyclic amines) is 1. The predicted molar refractivity (Wildman–Crippen MR) is 77.5 cm³/mol. The highest BCUT2D eigenvalue weighted by atomic mass is 32.2. The second-order valence-corrected chi connectivity index (χ2v) is 7.30. The van der Waals surface area contributed by atoms with Crippen LogP contribution in [0.3, 0.4) is 0 Å². The fourth-order valence-corrected chi connectivity index (χ4v) is 3.67. The lowest BCUT2D eigenvalue weighted by Crippen LogP contribution is -2.54. The number of rotatable bonds is 4. The molecule has 1 aliphatic heterocycles. The first-order valence-electron chi connectivity index (χ1n) is 6.77. The Morgan fingerprint density at radius 1 is 1.45 bits per heavy atom. The maximum absolute atomic E-state index is 13.3. The van der Waals surface area contributed by atoms with Crippen LogP contribution in [0, 0.1) is 5.82 Å². The van der Waals surface area contributed by atoms with E-state index in [1.807, 2.05) is 13.1 Å². The van der Waals surface area contributed by atoms with Crippen LogP contribution in [0.25, 0.3) is 0 Å². The van der Waals surface area contributed by atoms with Gasteiger partial charge in [0.15, 0.2) is 0 Å². The van der Waals surface area contributed by atoms with Crippen molar-refractivity contribution >= 4 is 10.0 Å². The number of halogens is 1. The molecule has 20 heavy (non-hydrogen) atoms. The van der Waals surface area contributed by atoms with Gasteiger partial charge < -0.3 is 4.90 Å². The number of piperidine rings is 1. The maximum atomic E-state index is 13.3. The van der Waals surface area contributed by atoms with Crippen LogP contribution in [-0.2, 0) is 16.4 Å². The Labute approximate surface area is 120 Å². The summed E-state index contributed by atoms with van der Waals surface area (Å²) < 4.78 is 38.9. The molecule has 0 aromatic heterocycles. The van der Waals surface area contributed by atoms with Crippen LogP contribution in [0.1, 0.15) is 18.4 Å². The van der Waals surface area contributed by atoms with E-state index in [0.717, 1.165) is 24.9 Å². The number of hydrogen-bond donors (Lipinski definition) is 1. The van der Waals surface area contributed by atoms with Crippen molar-refractivity contribution < 1.29 is 12.8 Å². The molecule has 2 atom stereocenters. The number of hydrogen-bond acceptors (Lipinski definition) is 3. The lowest BCUT2D eigenvalue weighted by atomic mass is 9.92. The van der Waals surface area contributed by atoms with E-state index in [1.54, 1.807) is 6.07 Å². The molecule has 1 N–H and O–H groups in total. The Morgan fingerprint density at radius 2 is 2.20 bits per heavy atom. The lowest BCUT2D eigenvalue weighted by Gasteiger charge is -2.39. The zero-order valence-electron chi connectivity index (χ0n) is 11.8. The summed E-state index contributed by atoms with van der Waals surface area (Å²) in [5, 5.41) is 0. The van der Waals surface area contributed by atoms with E-state index < -0.39 is 10.0 Å². The Balaban J connectivity index is 2.15. The Hall–Kier alpha value is -0.980. The van der Waals surface area contributed by atoms with Crippen molar-refractivity contribution in [1.82, 2.24) is 9.62 Å². The summed E-state index contributed by atoms with van der Waals surface area (Å²) in [5.74, 6) is -0.256. The van der Waals surface area contributed by atoms with Crippen LogP contribution in [0.2, 0.25) is 0 Å². The van der Waals surface area contributed by atoms with Crippen molar-refractivity contribution in [3.8, 4) is 0 Å². The summed E-state index contributed by atoms with van der Waals surface area (Å²) in [5.41, 5.74) is 0.893.